The van der Waals surface area contributed by atoms with E-state index in [2.05, 4.69) is 23.1 Å². The first-order valence-corrected chi connectivity index (χ1v) is 8.97. The predicted octanol–water partition coefficient (Wildman–Crippen LogP) is 4.60. The van der Waals surface area contributed by atoms with Crippen molar-refractivity contribution >= 4 is 50.5 Å². The van der Waals surface area contributed by atoms with E-state index in [1.165, 1.54) is 0 Å². The molecule has 2 aromatic heterocycles. The lowest BCUT2D eigenvalue weighted by atomic mass is 10.2. The maximum absolute atomic E-state index is 5.86. The van der Waals surface area contributed by atoms with E-state index in [-0.39, 0.29) is 0 Å². The van der Waals surface area contributed by atoms with Crippen molar-refractivity contribution < 1.29 is 4.74 Å². The molecule has 0 radical (unpaired) electrons. The van der Waals surface area contributed by atoms with Crippen molar-refractivity contribution in [2.24, 2.45) is 0 Å². The Hall–Kier alpha value is -3.25. The lowest BCUT2D eigenvalue weighted by molar-refractivity contribution is 0.404. The summed E-state index contributed by atoms with van der Waals surface area (Å²) in [5.74, 6) is 0.624. The van der Waals surface area contributed by atoms with Gasteiger partial charge in [0, 0.05) is 30.1 Å². The van der Waals surface area contributed by atoms with Gasteiger partial charge >= 0.3 is 0 Å². The first-order chi connectivity index (χ1) is 13.2. The third-order valence-corrected chi connectivity index (χ3v) is 4.57. The van der Waals surface area contributed by atoms with E-state index < -0.39 is 0 Å². The lowest BCUT2D eigenvalue weighted by Gasteiger charge is -2.21. The molecule has 27 heavy (non-hydrogen) atoms. The molecule has 5 nitrogen and oxygen atoms in total. The second kappa shape index (κ2) is 7.17. The number of aromatic nitrogens is 3. The Labute approximate surface area is 162 Å². The topological polar surface area (TPSA) is 54.0 Å². The number of thiocarbonyl (C=S) groups is 1. The summed E-state index contributed by atoms with van der Waals surface area (Å²) in [6.45, 7) is 8.68. The van der Waals surface area contributed by atoms with Gasteiger partial charge < -0.3 is 14.6 Å². The molecule has 2 heterocycles. The van der Waals surface area contributed by atoms with Gasteiger partial charge in [-0.25, -0.2) is 9.97 Å². The van der Waals surface area contributed by atoms with Crippen LogP contribution in [0.2, 0.25) is 0 Å². The summed E-state index contributed by atoms with van der Waals surface area (Å²) in [4.78, 5) is 14.7. The van der Waals surface area contributed by atoms with Crippen molar-refractivity contribution in [3.05, 3.63) is 67.8 Å². The highest BCUT2D eigenvalue weighted by atomic mass is 32.1. The average Bonchev–Trinajstić information content (AvgIpc) is 3.03. The van der Waals surface area contributed by atoms with Gasteiger partial charge in [0.25, 0.3) is 5.17 Å². The highest BCUT2D eigenvalue weighted by Gasteiger charge is 2.12. The fourth-order valence-electron chi connectivity index (χ4n) is 3.00. The number of hydrogen-bond donors (Lipinski definition) is 1. The smallest absolute Gasteiger partial charge is 0.265 e. The molecule has 4 aromatic rings. The molecule has 0 unspecified atom stereocenters. The number of benzene rings is 2. The number of rotatable bonds is 5. The monoisotopic (exact) mass is 374 g/mol. The fraction of sp³-hybridized carbons (Fsp3) is 0.0952. The summed E-state index contributed by atoms with van der Waals surface area (Å²) >= 11 is 5.40. The third kappa shape index (κ3) is 3.27. The standard InChI is InChI=1S/C21H18N4OS/c1-3-11-25(12-4-2)21(27)26-14-9-10-17-18(13-14)22-19-15-7-5-6-8-16(15)23-20(19)24-17/h3-10,13H,1-2,11-12H2,(H,23,24). The van der Waals surface area contributed by atoms with Gasteiger partial charge in [0.15, 0.2) is 5.65 Å². The van der Waals surface area contributed by atoms with Crippen LogP contribution in [-0.2, 0) is 0 Å². The van der Waals surface area contributed by atoms with Crippen molar-refractivity contribution in [1.29, 1.82) is 0 Å². The number of aromatic amines is 1. The van der Waals surface area contributed by atoms with Crippen LogP contribution in [0.1, 0.15) is 0 Å². The van der Waals surface area contributed by atoms with Crippen LogP contribution >= 0.6 is 12.2 Å². The zero-order valence-electron chi connectivity index (χ0n) is 14.7. The van der Waals surface area contributed by atoms with E-state index in [1.807, 2.05) is 47.4 Å². The van der Waals surface area contributed by atoms with Gasteiger partial charge in [-0.3, -0.25) is 0 Å². The quantitative estimate of drug-likeness (QED) is 0.409. The molecule has 0 saturated heterocycles. The zero-order chi connectivity index (χ0) is 18.8. The second-order valence-corrected chi connectivity index (χ2v) is 6.44. The van der Waals surface area contributed by atoms with Crippen molar-refractivity contribution in [1.82, 2.24) is 19.9 Å². The number of hydrogen-bond acceptors (Lipinski definition) is 4. The summed E-state index contributed by atoms with van der Waals surface area (Å²) in [5.41, 5.74) is 4.19. The minimum Gasteiger partial charge on any atom is -0.432 e. The van der Waals surface area contributed by atoms with Crippen molar-refractivity contribution in [2.45, 2.75) is 0 Å². The molecule has 0 atom stereocenters. The number of para-hydroxylation sites is 1. The molecule has 0 spiro atoms. The molecule has 0 saturated carbocycles. The van der Waals surface area contributed by atoms with E-state index >= 15 is 0 Å². The fourth-order valence-corrected chi connectivity index (χ4v) is 3.24. The van der Waals surface area contributed by atoms with E-state index in [1.54, 1.807) is 12.2 Å². The Morgan fingerprint density at radius 1 is 1.07 bits per heavy atom. The molecule has 0 amide bonds. The summed E-state index contributed by atoms with van der Waals surface area (Å²) in [5, 5.41) is 1.42. The largest absolute Gasteiger partial charge is 0.432 e. The Kier molecular flexibility index (Phi) is 4.56. The van der Waals surface area contributed by atoms with Crippen LogP contribution in [-0.4, -0.2) is 38.1 Å². The Morgan fingerprint density at radius 2 is 1.85 bits per heavy atom. The summed E-state index contributed by atoms with van der Waals surface area (Å²) in [7, 11) is 0. The number of ether oxygens (including phenoxy) is 1. The van der Waals surface area contributed by atoms with Gasteiger partial charge in [-0.05, 0) is 30.4 Å². The van der Waals surface area contributed by atoms with Crippen LogP contribution < -0.4 is 4.74 Å². The van der Waals surface area contributed by atoms with Gasteiger partial charge in [0.05, 0.1) is 11.0 Å². The maximum Gasteiger partial charge on any atom is 0.265 e. The van der Waals surface area contributed by atoms with Gasteiger partial charge in [0.2, 0.25) is 0 Å². The van der Waals surface area contributed by atoms with Crippen molar-refractivity contribution in [3.8, 4) is 5.75 Å². The summed E-state index contributed by atoms with van der Waals surface area (Å²) in [6.07, 6.45) is 3.55. The van der Waals surface area contributed by atoms with Crippen LogP contribution in [0.15, 0.2) is 67.8 Å². The van der Waals surface area contributed by atoms with Gasteiger partial charge in [-0.15, -0.1) is 13.2 Å². The predicted molar refractivity (Wildman–Crippen MR) is 114 cm³/mol. The molecule has 0 aliphatic carbocycles. The highest BCUT2D eigenvalue weighted by Crippen LogP contribution is 2.26. The number of nitrogens with zero attached hydrogens (tertiary/aromatic N) is 3. The average molecular weight is 374 g/mol. The van der Waals surface area contributed by atoms with Gasteiger partial charge in [0.1, 0.15) is 11.3 Å². The number of fused-ring (bicyclic) bond motifs is 4. The summed E-state index contributed by atoms with van der Waals surface area (Å²) in [6, 6.07) is 13.6. The molecular formula is C21H18N4OS. The van der Waals surface area contributed by atoms with Crippen LogP contribution in [0, 0.1) is 0 Å². The molecule has 2 aromatic carbocycles. The van der Waals surface area contributed by atoms with Gasteiger partial charge in [-0.2, -0.15) is 0 Å². The summed E-state index contributed by atoms with van der Waals surface area (Å²) < 4.78 is 5.86. The Balaban J connectivity index is 1.71. The van der Waals surface area contributed by atoms with E-state index in [0.29, 0.717) is 24.0 Å². The lowest BCUT2D eigenvalue weighted by Crippen LogP contribution is -2.33. The van der Waals surface area contributed by atoms with E-state index in [0.717, 1.165) is 33.1 Å². The molecule has 0 bridgehead atoms. The first-order valence-electron chi connectivity index (χ1n) is 8.56. The Morgan fingerprint density at radius 3 is 2.63 bits per heavy atom. The van der Waals surface area contributed by atoms with Crippen LogP contribution in [0.4, 0.5) is 0 Å². The molecular weight excluding hydrogens is 356 g/mol. The molecule has 4 rings (SSSR count). The van der Waals surface area contributed by atoms with Crippen LogP contribution in [0.3, 0.4) is 0 Å². The maximum atomic E-state index is 5.86. The number of H-pyrrole nitrogens is 1. The van der Waals surface area contributed by atoms with Crippen LogP contribution in [0.5, 0.6) is 5.75 Å². The SMILES string of the molecule is C=CCN(CC=C)C(=S)Oc1ccc2nc3[nH]c4ccccc4c3nc2c1. The molecule has 134 valence electrons. The molecule has 1 N–H and O–H groups in total. The normalized spacial score (nSPS) is 11.0. The minimum atomic E-state index is 0.371. The van der Waals surface area contributed by atoms with Crippen molar-refractivity contribution in [2.75, 3.05) is 13.1 Å². The highest BCUT2D eigenvalue weighted by molar-refractivity contribution is 7.80. The van der Waals surface area contributed by atoms with Gasteiger partial charge in [-0.1, -0.05) is 30.4 Å². The van der Waals surface area contributed by atoms with Crippen molar-refractivity contribution in [3.63, 3.8) is 0 Å². The molecule has 0 fully saturated rings. The minimum absolute atomic E-state index is 0.371. The second-order valence-electron chi connectivity index (χ2n) is 6.09. The number of nitrogens with one attached hydrogen (secondary N) is 1. The Bertz CT molecular complexity index is 1170. The first kappa shape index (κ1) is 17.2. The third-order valence-electron chi connectivity index (χ3n) is 4.23. The van der Waals surface area contributed by atoms with E-state index in [9.17, 15) is 0 Å². The van der Waals surface area contributed by atoms with E-state index in [4.69, 9.17) is 21.9 Å². The molecule has 0 aliphatic rings. The van der Waals surface area contributed by atoms with Crippen LogP contribution in [0.25, 0.3) is 33.1 Å². The zero-order valence-corrected chi connectivity index (χ0v) is 15.5. The molecule has 6 heteroatoms. The molecule has 0 aliphatic heterocycles.